The fourth-order valence-electron chi connectivity index (χ4n) is 1.60. The van der Waals surface area contributed by atoms with E-state index in [1.54, 1.807) is 0 Å². The predicted molar refractivity (Wildman–Crippen MR) is 76.0 cm³/mol. The minimum Gasteiger partial charge on any atom is -0.331 e. The van der Waals surface area contributed by atoms with Crippen molar-refractivity contribution in [3.8, 4) is 0 Å². The van der Waals surface area contributed by atoms with Crippen molar-refractivity contribution < 1.29 is 4.79 Å². The Morgan fingerprint density at radius 3 is 2.83 bits per heavy atom. The van der Waals surface area contributed by atoms with Crippen LogP contribution in [0.15, 0.2) is 24.3 Å². The second-order valence-electron chi connectivity index (χ2n) is 4.40. The van der Waals surface area contributed by atoms with Crippen molar-refractivity contribution in [2.45, 2.75) is 26.2 Å². The fraction of sp³-hybridized carbons (Fsp3) is 0.385. The SMILES string of the molecule is CCc1cccc(NC(=S)NNC(=O)C2CC2)c1. The molecule has 1 saturated carbocycles. The van der Waals surface area contributed by atoms with Crippen LogP contribution < -0.4 is 16.2 Å². The van der Waals surface area contributed by atoms with Gasteiger partial charge >= 0.3 is 0 Å². The zero-order chi connectivity index (χ0) is 13.0. The number of anilines is 1. The molecule has 1 amide bonds. The van der Waals surface area contributed by atoms with Crippen LogP contribution >= 0.6 is 12.2 Å². The van der Waals surface area contributed by atoms with Gasteiger partial charge in [0.05, 0.1) is 0 Å². The molecule has 5 heteroatoms. The molecule has 1 fully saturated rings. The van der Waals surface area contributed by atoms with Gasteiger partial charge in [0.2, 0.25) is 5.91 Å². The molecule has 96 valence electrons. The third-order valence-electron chi connectivity index (χ3n) is 2.84. The molecule has 18 heavy (non-hydrogen) atoms. The zero-order valence-electron chi connectivity index (χ0n) is 10.3. The third-order valence-corrected chi connectivity index (χ3v) is 3.04. The molecule has 0 spiro atoms. The summed E-state index contributed by atoms with van der Waals surface area (Å²) in [5.74, 6) is 0.185. The second kappa shape index (κ2) is 5.82. The molecule has 0 atom stereocenters. The quantitative estimate of drug-likeness (QED) is 0.576. The molecule has 0 aliphatic heterocycles. The van der Waals surface area contributed by atoms with Crippen molar-refractivity contribution in [1.29, 1.82) is 0 Å². The number of nitrogens with one attached hydrogen (secondary N) is 3. The van der Waals surface area contributed by atoms with Crippen LogP contribution in [0.1, 0.15) is 25.3 Å². The van der Waals surface area contributed by atoms with Crippen LogP contribution in [-0.4, -0.2) is 11.0 Å². The van der Waals surface area contributed by atoms with Gasteiger partial charge in [0, 0.05) is 11.6 Å². The number of thiocarbonyl (C=S) groups is 1. The summed E-state index contributed by atoms with van der Waals surface area (Å²) in [6, 6.07) is 8.02. The Morgan fingerprint density at radius 2 is 2.17 bits per heavy atom. The lowest BCUT2D eigenvalue weighted by atomic mass is 10.1. The van der Waals surface area contributed by atoms with E-state index < -0.39 is 0 Å². The maximum atomic E-state index is 11.4. The fourth-order valence-corrected chi connectivity index (χ4v) is 1.77. The summed E-state index contributed by atoms with van der Waals surface area (Å²) in [5, 5.41) is 3.44. The molecule has 3 N–H and O–H groups in total. The van der Waals surface area contributed by atoms with Gasteiger partial charge in [0.1, 0.15) is 0 Å². The number of carbonyl (C=O) groups is 1. The van der Waals surface area contributed by atoms with Crippen molar-refractivity contribution in [3.63, 3.8) is 0 Å². The molecular weight excluding hydrogens is 246 g/mol. The number of hydrogen-bond donors (Lipinski definition) is 3. The molecular formula is C13H17N3OS. The van der Waals surface area contributed by atoms with Gasteiger partial charge in [-0.25, -0.2) is 0 Å². The van der Waals surface area contributed by atoms with Gasteiger partial charge < -0.3 is 5.32 Å². The van der Waals surface area contributed by atoms with Crippen LogP contribution in [0.2, 0.25) is 0 Å². The summed E-state index contributed by atoms with van der Waals surface area (Å²) >= 11 is 5.10. The third kappa shape index (κ3) is 3.70. The first-order chi connectivity index (χ1) is 8.69. The standard InChI is InChI=1S/C13H17N3OS/c1-2-9-4-3-5-11(8-9)14-13(18)16-15-12(17)10-6-7-10/h3-5,8,10H,2,6-7H2,1H3,(H,15,17)(H2,14,16,18). The van der Waals surface area contributed by atoms with Crippen molar-refractivity contribution in [3.05, 3.63) is 29.8 Å². The smallest absolute Gasteiger partial charge is 0.241 e. The Hall–Kier alpha value is -1.62. The van der Waals surface area contributed by atoms with Gasteiger partial charge in [0.15, 0.2) is 5.11 Å². The molecule has 1 aliphatic rings. The van der Waals surface area contributed by atoms with Crippen LogP contribution in [0.5, 0.6) is 0 Å². The number of benzene rings is 1. The maximum Gasteiger partial charge on any atom is 0.241 e. The molecule has 1 aromatic rings. The highest BCUT2D eigenvalue weighted by Crippen LogP contribution is 2.28. The topological polar surface area (TPSA) is 53.2 Å². The molecule has 0 bridgehead atoms. The number of aryl methyl sites for hydroxylation is 1. The minimum absolute atomic E-state index is 0.0152. The Bertz CT molecular complexity index is 457. The van der Waals surface area contributed by atoms with E-state index in [1.807, 2.05) is 18.2 Å². The van der Waals surface area contributed by atoms with Crippen molar-refractivity contribution in [1.82, 2.24) is 10.9 Å². The van der Waals surface area contributed by atoms with E-state index in [2.05, 4.69) is 29.2 Å². The van der Waals surface area contributed by atoms with Crippen molar-refractivity contribution in [2.75, 3.05) is 5.32 Å². The van der Waals surface area contributed by atoms with E-state index >= 15 is 0 Å². The van der Waals surface area contributed by atoms with Crippen LogP contribution in [0.25, 0.3) is 0 Å². The Kier molecular flexibility index (Phi) is 4.15. The summed E-state index contributed by atoms with van der Waals surface area (Å²) in [6.45, 7) is 2.10. The average molecular weight is 263 g/mol. The van der Waals surface area contributed by atoms with E-state index in [1.165, 1.54) is 5.56 Å². The van der Waals surface area contributed by atoms with E-state index in [0.717, 1.165) is 24.9 Å². The summed E-state index contributed by atoms with van der Waals surface area (Å²) < 4.78 is 0. The molecule has 0 heterocycles. The molecule has 1 aliphatic carbocycles. The minimum atomic E-state index is 0.0152. The largest absolute Gasteiger partial charge is 0.331 e. The Morgan fingerprint density at radius 1 is 1.39 bits per heavy atom. The summed E-state index contributed by atoms with van der Waals surface area (Å²) in [5.41, 5.74) is 7.48. The van der Waals surface area contributed by atoms with E-state index in [4.69, 9.17) is 12.2 Å². The summed E-state index contributed by atoms with van der Waals surface area (Å²) in [4.78, 5) is 11.4. The molecule has 0 aromatic heterocycles. The molecule has 4 nitrogen and oxygen atoms in total. The average Bonchev–Trinajstić information content (AvgIpc) is 3.20. The first kappa shape index (κ1) is 12.8. The Balaban J connectivity index is 1.80. The highest BCUT2D eigenvalue weighted by atomic mass is 32.1. The lowest BCUT2D eigenvalue weighted by Gasteiger charge is -2.11. The van der Waals surface area contributed by atoms with Gasteiger partial charge in [-0.15, -0.1) is 0 Å². The van der Waals surface area contributed by atoms with E-state index in [0.29, 0.717) is 5.11 Å². The molecule has 0 radical (unpaired) electrons. The van der Waals surface area contributed by atoms with Gasteiger partial charge in [-0.2, -0.15) is 0 Å². The lowest BCUT2D eigenvalue weighted by molar-refractivity contribution is -0.122. The van der Waals surface area contributed by atoms with E-state index in [9.17, 15) is 4.79 Å². The summed E-state index contributed by atoms with van der Waals surface area (Å²) in [7, 11) is 0. The maximum absolute atomic E-state index is 11.4. The monoisotopic (exact) mass is 263 g/mol. The zero-order valence-corrected chi connectivity index (χ0v) is 11.1. The first-order valence-electron chi connectivity index (χ1n) is 6.15. The normalized spacial score (nSPS) is 13.8. The number of carbonyl (C=O) groups excluding carboxylic acids is 1. The van der Waals surface area contributed by atoms with Crippen LogP contribution in [-0.2, 0) is 11.2 Å². The lowest BCUT2D eigenvalue weighted by Crippen LogP contribution is -2.44. The molecule has 1 aromatic carbocycles. The van der Waals surface area contributed by atoms with E-state index in [-0.39, 0.29) is 11.8 Å². The van der Waals surface area contributed by atoms with Crippen molar-refractivity contribution in [2.24, 2.45) is 5.92 Å². The highest BCUT2D eigenvalue weighted by Gasteiger charge is 2.29. The summed E-state index contributed by atoms with van der Waals surface area (Å²) in [6.07, 6.45) is 2.94. The highest BCUT2D eigenvalue weighted by molar-refractivity contribution is 7.80. The number of hydrogen-bond acceptors (Lipinski definition) is 2. The number of hydrazine groups is 1. The van der Waals surface area contributed by atoms with Crippen LogP contribution in [0.3, 0.4) is 0 Å². The van der Waals surface area contributed by atoms with Gasteiger partial charge in [-0.1, -0.05) is 19.1 Å². The van der Waals surface area contributed by atoms with Crippen LogP contribution in [0.4, 0.5) is 5.69 Å². The van der Waals surface area contributed by atoms with Crippen LogP contribution in [0, 0.1) is 5.92 Å². The molecule has 0 unspecified atom stereocenters. The van der Waals surface area contributed by atoms with Gasteiger partial charge in [-0.05, 0) is 49.2 Å². The number of rotatable bonds is 3. The van der Waals surface area contributed by atoms with Crippen molar-refractivity contribution >= 4 is 28.9 Å². The van der Waals surface area contributed by atoms with Gasteiger partial charge in [-0.3, -0.25) is 15.6 Å². The second-order valence-corrected chi connectivity index (χ2v) is 4.80. The van der Waals surface area contributed by atoms with Gasteiger partial charge in [0.25, 0.3) is 0 Å². The Labute approximate surface area is 112 Å². The molecule has 0 saturated heterocycles. The predicted octanol–water partition coefficient (Wildman–Crippen LogP) is 1.98. The molecule has 2 rings (SSSR count). The first-order valence-corrected chi connectivity index (χ1v) is 6.55. The number of amides is 1.